The van der Waals surface area contributed by atoms with Gasteiger partial charge in [-0.05, 0) is 70.4 Å². The van der Waals surface area contributed by atoms with Gasteiger partial charge in [0.05, 0.1) is 12.5 Å². The van der Waals surface area contributed by atoms with E-state index in [1.54, 1.807) is 27.7 Å². The monoisotopic (exact) mass is 487 g/mol. The van der Waals surface area contributed by atoms with Crippen LogP contribution in [0.5, 0.6) is 0 Å². The molecule has 1 fully saturated rings. The minimum Gasteiger partial charge on any atom is -0.481 e. The van der Waals surface area contributed by atoms with Gasteiger partial charge >= 0.3 is 12.1 Å². The summed E-state index contributed by atoms with van der Waals surface area (Å²) >= 11 is 0. The Kier molecular flexibility index (Phi) is 8.40. The van der Waals surface area contributed by atoms with E-state index in [9.17, 15) is 19.2 Å². The smallest absolute Gasteiger partial charge is 0.411 e. The molecule has 0 spiro atoms. The highest BCUT2D eigenvalue weighted by molar-refractivity contribution is 5.91. The van der Waals surface area contributed by atoms with Crippen LogP contribution >= 0.6 is 0 Å². The highest BCUT2D eigenvalue weighted by atomic mass is 16.6. The molecule has 1 aromatic carbocycles. The molecule has 1 saturated carbocycles. The van der Waals surface area contributed by atoms with Crippen molar-refractivity contribution in [3.8, 4) is 0 Å². The number of carbonyl (C=O) groups excluding carboxylic acids is 3. The number of benzene rings is 1. The van der Waals surface area contributed by atoms with Crippen LogP contribution in [0.4, 0.5) is 4.79 Å². The van der Waals surface area contributed by atoms with E-state index < -0.39 is 35.7 Å². The molecule has 192 valence electrons. The van der Waals surface area contributed by atoms with Crippen LogP contribution < -0.4 is 10.6 Å². The Morgan fingerprint density at radius 3 is 2.31 bits per heavy atom. The van der Waals surface area contributed by atoms with E-state index in [-0.39, 0.29) is 24.3 Å². The fourth-order valence-electron chi connectivity index (χ4n) is 4.66. The summed E-state index contributed by atoms with van der Waals surface area (Å²) in [6.45, 7) is 7.65. The van der Waals surface area contributed by atoms with Gasteiger partial charge in [0.25, 0.3) is 0 Å². The minimum absolute atomic E-state index is 0.231. The fourth-order valence-corrected chi connectivity index (χ4v) is 4.66. The summed E-state index contributed by atoms with van der Waals surface area (Å²) in [6, 6.07) is 6.10. The summed E-state index contributed by atoms with van der Waals surface area (Å²) in [5, 5.41) is 14.8. The number of carboxylic acids is 1. The van der Waals surface area contributed by atoms with Crippen LogP contribution in [0.1, 0.15) is 64.5 Å². The topological polar surface area (TPSA) is 125 Å². The summed E-state index contributed by atoms with van der Waals surface area (Å²) in [5.41, 5.74) is 1.25. The van der Waals surface area contributed by atoms with E-state index in [0.717, 1.165) is 24.0 Å². The Balaban J connectivity index is 1.59. The molecule has 3 rings (SSSR count). The van der Waals surface area contributed by atoms with Gasteiger partial charge in [-0.25, -0.2) is 4.79 Å². The van der Waals surface area contributed by atoms with Gasteiger partial charge in [0.1, 0.15) is 17.7 Å². The molecule has 3 amide bonds. The third-order valence-electron chi connectivity index (χ3n) is 6.69. The van der Waals surface area contributed by atoms with E-state index in [4.69, 9.17) is 9.84 Å². The number of hydrogen-bond acceptors (Lipinski definition) is 5. The van der Waals surface area contributed by atoms with E-state index in [1.165, 1.54) is 4.90 Å². The van der Waals surface area contributed by atoms with Crippen molar-refractivity contribution < 1.29 is 29.0 Å². The molecule has 3 N–H and O–H groups in total. The molecule has 1 aliphatic carbocycles. The maximum absolute atomic E-state index is 13.2. The predicted octanol–water partition coefficient (Wildman–Crippen LogP) is 2.86. The molecular formula is C26H37N3O6. The highest BCUT2D eigenvalue weighted by Gasteiger charge is 2.38. The Hall–Kier alpha value is -3.10. The van der Waals surface area contributed by atoms with E-state index in [0.29, 0.717) is 25.8 Å². The number of ether oxygens (including phenoxy) is 1. The first-order valence-corrected chi connectivity index (χ1v) is 12.3. The molecule has 1 heterocycles. The Labute approximate surface area is 206 Å². The number of rotatable bonds is 6. The average molecular weight is 488 g/mol. The lowest BCUT2D eigenvalue weighted by atomic mass is 9.82. The quantitative estimate of drug-likeness (QED) is 0.567. The summed E-state index contributed by atoms with van der Waals surface area (Å²) in [5.74, 6) is -1.54. The second kappa shape index (κ2) is 11.1. The molecule has 1 aromatic rings. The van der Waals surface area contributed by atoms with E-state index >= 15 is 0 Å². The molecule has 9 heteroatoms. The molecule has 0 bridgehead atoms. The minimum atomic E-state index is -0.790. The summed E-state index contributed by atoms with van der Waals surface area (Å²) in [7, 11) is 0. The van der Waals surface area contributed by atoms with Crippen molar-refractivity contribution in [2.45, 2.75) is 84.0 Å². The standard InChI is InChI=1S/C26H37N3O6/c1-16(22(30)27-14-17-9-11-18(12-10-17)24(32)33)28-23(31)21-13-19-7-5-6-8-20(19)15-29(21)25(34)35-26(2,3)4/h5-8,16-18,21H,9-15H2,1-4H3,(H,27,30)(H,28,31)(H,32,33). The average Bonchev–Trinajstić information content (AvgIpc) is 2.80. The fraction of sp³-hybridized carbons (Fsp3) is 0.615. The molecule has 2 aliphatic rings. The summed E-state index contributed by atoms with van der Waals surface area (Å²) < 4.78 is 5.54. The molecular weight excluding hydrogens is 450 g/mol. The molecule has 2 atom stereocenters. The van der Waals surface area contributed by atoms with Gasteiger partial charge in [-0.3, -0.25) is 19.3 Å². The third-order valence-corrected chi connectivity index (χ3v) is 6.69. The first kappa shape index (κ1) is 26.5. The number of fused-ring (bicyclic) bond motifs is 1. The van der Waals surface area contributed by atoms with Crippen molar-refractivity contribution in [2.24, 2.45) is 11.8 Å². The molecule has 9 nitrogen and oxygen atoms in total. The highest BCUT2D eigenvalue weighted by Crippen LogP contribution is 2.28. The zero-order valence-corrected chi connectivity index (χ0v) is 21.0. The normalized spacial score (nSPS) is 23.0. The summed E-state index contributed by atoms with van der Waals surface area (Å²) in [6.07, 6.45) is 2.51. The van der Waals surface area contributed by atoms with Crippen LogP contribution in [0.15, 0.2) is 24.3 Å². The van der Waals surface area contributed by atoms with Crippen molar-refractivity contribution in [1.82, 2.24) is 15.5 Å². The van der Waals surface area contributed by atoms with E-state index in [2.05, 4.69) is 10.6 Å². The molecule has 2 unspecified atom stereocenters. The molecule has 1 aliphatic heterocycles. The Morgan fingerprint density at radius 1 is 1.09 bits per heavy atom. The van der Waals surface area contributed by atoms with Crippen molar-refractivity contribution in [3.63, 3.8) is 0 Å². The van der Waals surface area contributed by atoms with Crippen LogP contribution in [0.2, 0.25) is 0 Å². The number of aliphatic carboxylic acids is 1. The van der Waals surface area contributed by atoms with Gasteiger partial charge in [-0.15, -0.1) is 0 Å². The lowest BCUT2D eigenvalue weighted by Crippen LogP contribution is -2.56. The number of nitrogens with one attached hydrogen (secondary N) is 2. The molecule has 0 aromatic heterocycles. The van der Waals surface area contributed by atoms with Crippen LogP contribution in [0, 0.1) is 11.8 Å². The lowest BCUT2D eigenvalue weighted by molar-refractivity contribution is -0.143. The maximum atomic E-state index is 13.2. The molecule has 35 heavy (non-hydrogen) atoms. The number of nitrogens with zero attached hydrogens (tertiary/aromatic N) is 1. The van der Waals surface area contributed by atoms with Crippen molar-refractivity contribution in [1.29, 1.82) is 0 Å². The zero-order valence-electron chi connectivity index (χ0n) is 21.0. The largest absolute Gasteiger partial charge is 0.481 e. The second-order valence-electron chi connectivity index (χ2n) is 10.6. The second-order valence-corrected chi connectivity index (χ2v) is 10.6. The third kappa shape index (κ3) is 7.19. The van der Waals surface area contributed by atoms with Gasteiger partial charge in [0, 0.05) is 13.0 Å². The number of hydrogen-bond donors (Lipinski definition) is 3. The number of carbonyl (C=O) groups is 4. The van der Waals surface area contributed by atoms with Crippen LogP contribution in [0.3, 0.4) is 0 Å². The Morgan fingerprint density at radius 2 is 1.71 bits per heavy atom. The number of carboxylic acid groups (broad SMARTS) is 1. The SMILES string of the molecule is CC(NC(=O)C1Cc2ccccc2CN1C(=O)OC(C)(C)C)C(=O)NCC1CCC(C(=O)O)CC1. The van der Waals surface area contributed by atoms with Crippen LogP contribution in [-0.4, -0.2) is 58.1 Å². The first-order valence-electron chi connectivity index (χ1n) is 12.3. The van der Waals surface area contributed by atoms with Gasteiger partial charge in [-0.1, -0.05) is 24.3 Å². The van der Waals surface area contributed by atoms with Gasteiger partial charge < -0.3 is 20.5 Å². The number of amides is 3. The Bertz CT molecular complexity index is 949. The summed E-state index contributed by atoms with van der Waals surface area (Å²) in [4.78, 5) is 51.3. The van der Waals surface area contributed by atoms with Crippen molar-refractivity contribution >= 4 is 23.9 Å². The van der Waals surface area contributed by atoms with Crippen molar-refractivity contribution in [3.05, 3.63) is 35.4 Å². The molecule has 0 saturated heterocycles. The van der Waals surface area contributed by atoms with Gasteiger partial charge in [-0.2, -0.15) is 0 Å². The molecule has 0 radical (unpaired) electrons. The first-order chi connectivity index (χ1) is 16.4. The predicted molar refractivity (Wildman–Crippen MR) is 129 cm³/mol. The van der Waals surface area contributed by atoms with Crippen LogP contribution in [0.25, 0.3) is 0 Å². The zero-order chi connectivity index (χ0) is 25.8. The van der Waals surface area contributed by atoms with Gasteiger partial charge in [0.2, 0.25) is 11.8 Å². The van der Waals surface area contributed by atoms with E-state index in [1.807, 2.05) is 24.3 Å². The lowest BCUT2D eigenvalue weighted by Gasteiger charge is -2.37. The van der Waals surface area contributed by atoms with Crippen LogP contribution in [-0.2, 0) is 32.1 Å². The maximum Gasteiger partial charge on any atom is 0.411 e. The van der Waals surface area contributed by atoms with Gasteiger partial charge in [0.15, 0.2) is 0 Å². The van der Waals surface area contributed by atoms with Crippen molar-refractivity contribution in [2.75, 3.05) is 6.54 Å².